The minimum atomic E-state index is -1.51. The van der Waals surface area contributed by atoms with Gasteiger partial charge >= 0.3 is 0 Å². The highest BCUT2D eigenvalue weighted by Gasteiger charge is 2.24. The second-order valence-corrected chi connectivity index (χ2v) is 7.70. The van der Waals surface area contributed by atoms with Crippen LogP contribution in [0.2, 0.25) is 0 Å². The van der Waals surface area contributed by atoms with E-state index in [0.717, 1.165) is 0 Å². The maximum absolute atomic E-state index is 14.6. The van der Waals surface area contributed by atoms with E-state index in [9.17, 15) is 22.8 Å². The van der Waals surface area contributed by atoms with Crippen molar-refractivity contribution in [1.29, 1.82) is 0 Å². The van der Waals surface area contributed by atoms with E-state index in [1.54, 1.807) is 49.8 Å². The number of aromatic nitrogens is 4. The van der Waals surface area contributed by atoms with Gasteiger partial charge in [0.15, 0.2) is 28.8 Å². The number of nitrogens with one attached hydrogen (secondary N) is 1. The van der Waals surface area contributed by atoms with Crippen molar-refractivity contribution in [2.75, 3.05) is 0 Å². The molecule has 34 heavy (non-hydrogen) atoms. The zero-order chi connectivity index (χ0) is 24.7. The molecule has 4 aromatic rings. The van der Waals surface area contributed by atoms with Crippen LogP contribution in [-0.4, -0.2) is 19.1 Å². The van der Waals surface area contributed by atoms with Crippen LogP contribution in [-0.2, 0) is 13.5 Å². The molecular weight excluding hydrogens is 449 g/mol. The number of H-pyrrole nitrogens is 1. The standard InChI is InChI=1S/C23H21F3N6O2/c1-5-16-20(22(33)31(29-16)21-17(25)12(2)11-15(24)18(21)26)28-27-19-13(3)30(4)32(23(19)34)14-9-7-6-8-10-14/h6-11,29H,5H2,1-4H3. The lowest BCUT2D eigenvalue weighted by molar-refractivity contribution is 0.479. The van der Waals surface area contributed by atoms with Crippen molar-refractivity contribution in [3.8, 4) is 11.4 Å². The van der Waals surface area contributed by atoms with E-state index in [1.807, 2.05) is 6.07 Å². The number of azo groups is 1. The first-order valence-electron chi connectivity index (χ1n) is 10.4. The summed E-state index contributed by atoms with van der Waals surface area (Å²) in [4.78, 5) is 26.0. The van der Waals surface area contributed by atoms with Crippen molar-refractivity contribution in [3.63, 3.8) is 0 Å². The molecule has 11 heteroatoms. The smallest absolute Gasteiger partial charge is 0.293 e. The molecule has 8 nitrogen and oxygen atoms in total. The maximum Gasteiger partial charge on any atom is 0.299 e. The first-order chi connectivity index (χ1) is 16.2. The number of hydrogen-bond acceptors (Lipinski definition) is 4. The number of halogens is 3. The molecule has 0 atom stereocenters. The summed E-state index contributed by atoms with van der Waals surface area (Å²) >= 11 is 0. The van der Waals surface area contributed by atoms with Gasteiger partial charge in [-0.25, -0.2) is 22.5 Å². The van der Waals surface area contributed by atoms with Crippen LogP contribution in [0.15, 0.2) is 56.2 Å². The van der Waals surface area contributed by atoms with Crippen LogP contribution >= 0.6 is 0 Å². The Bertz CT molecular complexity index is 1520. The number of rotatable bonds is 5. The molecule has 0 spiro atoms. The van der Waals surface area contributed by atoms with Gasteiger partial charge < -0.3 is 0 Å². The fourth-order valence-corrected chi connectivity index (χ4v) is 3.66. The second kappa shape index (κ2) is 8.65. The first-order valence-corrected chi connectivity index (χ1v) is 10.4. The van der Waals surface area contributed by atoms with Crippen molar-refractivity contribution >= 4 is 11.4 Å². The lowest BCUT2D eigenvalue weighted by Gasteiger charge is -2.08. The van der Waals surface area contributed by atoms with E-state index in [4.69, 9.17) is 0 Å². The van der Waals surface area contributed by atoms with Crippen LogP contribution in [0, 0.1) is 31.3 Å². The third-order valence-electron chi connectivity index (χ3n) is 5.60. The van der Waals surface area contributed by atoms with Crippen LogP contribution in [0.25, 0.3) is 11.4 Å². The van der Waals surface area contributed by atoms with Crippen molar-refractivity contribution in [2.45, 2.75) is 27.2 Å². The first kappa shape index (κ1) is 23.0. The highest BCUT2D eigenvalue weighted by molar-refractivity contribution is 5.48. The van der Waals surface area contributed by atoms with Crippen molar-refractivity contribution < 1.29 is 13.2 Å². The van der Waals surface area contributed by atoms with Crippen molar-refractivity contribution in [2.24, 2.45) is 17.3 Å². The summed E-state index contributed by atoms with van der Waals surface area (Å²) in [7, 11) is 1.68. The van der Waals surface area contributed by atoms with Gasteiger partial charge in [-0.1, -0.05) is 25.1 Å². The van der Waals surface area contributed by atoms with E-state index in [-0.39, 0.29) is 29.1 Å². The van der Waals surface area contributed by atoms with Crippen molar-refractivity contribution in [1.82, 2.24) is 19.1 Å². The summed E-state index contributed by atoms with van der Waals surface area (Å²) in [6.07, 6.45) is 0.232. The molecule has 0 fully saturated rings. The molecule has 0 amide bonds. The van der Waals surface area contributed by atoms with Gasteiger partial charge in [0, 0.05) is 7.05 Å². The van der Waals surface area contributed by atoms with Crippen LogP contribution in [0.1, 0.15) is 23.9 Å². The molecule has 2 heterocycles. The quantitative estimate of drug-likeness (QED) is 0.339. The molecule has 0 aliphatic carbocycles. The van der Waals surface area contributed by atoms with Gasteiger partial charge in [0.25, 0.3) is 11.1 Å². The largest absolute Gasteiger partial charge is 0.299 e. The van der Waals surface area contributed by atoms with Crippen LogP contribution < -0.4 is 11.1 Å². The maximum atomic E-state index is 14.6. The average molecular weight is 470 g/mol. The van der Waals surface area contributed by atoms with Gasteiger partial charge in [-0.15, -0.1) is 10.2 Å². The minimum Gasteiger partial charge on any atom is -0.293 e. The van der Waals surface area contributed by atoms with Crippen LogP contribution in [0.5, 0.6) is 0 Å². The van der Waals surface area contributed by atoms with E-state index in [2.05, 4.69) is 15.3 Å². The summed E-state index contributed by atoms with van der Waals surface area (Å²) < 4.78 is 46.5. The van der Waals surface area contributed by atoms with Gasteiger partial charge in [-0.3, -0.25) is 19.4 Å². The van der Waals surface area contributed by atoms with Gasteiger partial charge in [0.2, 0.25) is 0 Å². The Morgan fingerprint density at radius 3 is 2.24 bits per heavy atom. The van der Waals surface area contributed by atoms with E-state index < -0.39 is 34.3 Å². The number of benzene rings is 2. The molecule has 0 saturated carbocycles. The number of aryl methyl sites for hydroxylation is 2. The summed E-state index contributed by atoms with van der Waals surface area (Å²) in [6, 6.07) is 9.61. The Kier molecular flexibility index (Phi) is 5.86. The molecule has 0 aliphatic heterocycles. The van der Waals surface area contributed by atoms with Gasteiger partial charge in [0.1, 0.15) is 5.69 Å². The molecule has 1 N–H and O–H groups in total. The summed E-state index contributed by atoms with van der Waals surface area (Å²) in [6.45, 7) is 4.62. The molecule has 0 aliphatic rings. The molecule has 0 saturated heterocycles. The molecule has 2 aromatic heterocycles. The van der Waals surface area contributed by atoms with Gasteiger partial charge in [-0.2, -0.15) is 0 Å². The van der Waals surface area contributed by atoms with Gasteiger partial charge in [-0.05, 0) is 44.0 Å². The molecule has 4 rings (SSSR count). The summed E-state index contributed by atoms with van der Waals surface area (Å²) in [5.41, 5.74) is -1.35. The predicted octanol–water partition coefficient (Wildman–Crippen LogP) is 4.67. The topological polar surface area (TPSA) is 89.4 Å². The highest BCUT2D eigenvalue weighted by Crippen LogP contribution is 2.25. The number of para-hydroxylation sites is 1. The molecular formula is C23H21F3N6O2. The number of hydrogen-bond donors (Lipinski definition) is 1. The lowest BCUT2D eigenvalue weighted by Crippen LogP contribution is -2.19. The van der Waals surface area contributed by atoms with E-state index in [0.29, 0.717) is 22.1 Å². The Morgan fingerprint density at radius 1 is 0.941 bits per heavy atom. The lowest BCUT2D eigenvalue weighted by atomic mass is 10.2. The third kappa shape index (κ3) is 3.58. The Balaban J connectivity index is 1.86. The average Bonchev–Trinajstić information content (AvgIpc) is 3.24. The zero-order valence-electron chi connectivity index (χ0n) is 18.9. The normalized spacial score (nSPS) is 11.6. The summed E-state index contributed by atoms with van der Waals surface area (Å²) in [5.74, 6) is -3.89. The number of nitrogens with zero attached hydrogens (tertiary/aromatic N) is 5. The number of aromatic amines is 1. The molecule has 176 valence electrons. The zero-order valence-corrected chi connectivity index (χ0v) is 18.9. The van der Waals surface area contributed by atoms with Crippen molar-refractivity contribution in [3.05, 3.63) is 91.5 Å². The van der Waals surface area contributed by atoms with E-state index in [1.165, 1.54) is 11.6 Å². The molecule has 0 radical (unpaired) electrons. The van der Waals surface area contributed by atoms with Crippen LogP contribution in [0.4, 0.5) is 24.5 Å². The second-order valence-electron chi connectivity index (χ2n) is 7.70. The Hall–Kier alpha value is -4.15. The van der Waals surface area contributed by atoms with Gasteiger partial charge in [0.05, 0.1) is 17.1 Å². The predicted molar refractivity (Wildman–Crippen MR) is 120 cm³/mol. The minimum absolute atomic E-state index is 0.000447. The fourth-order valence-electron chi connectivity index (χ4n) is 3.66. The highest BCUT2D eigenvalue weighted by atomic mass is 19.2. The van der Waals surface area contributed by atoms with E-state index >= 15 is 0 Å². The van der Waals surface area contributed by atoms with Crippen LogP contribution in [0.3, 0.4) is 0 Å². The summed E-state index contributed by atoms with van der Waals surface area (Å²) in [5, 5.41) is 10.6. The Morgan fingerprint density at radius 2 is 1.59 bits per heavy atom. The third-order valence-corrected chi connectivity index (χ3v) is 5.60. The Labute approximate surface area is 191 Å². The molecule has 0 unspecified atom stereocenters. The fraction of sp³-hybridized carbons (Fsp3) is 0.217. The molecule has 0 bridgehead atoms. The molecule has 2 aromatic carbocycles. The monoisotopic (exact) mass is 470 g/mol. The SMILES string of the molecule is CCc1[nH]n(-c2c(F)c(C)cc(F)c2F)c(=O)c1N=Nc1c(C)n(C)n(-c2ccccc2)c1=O.